The van der Waals surface area contributed by atoms with Gasteiger partial charge in [-0.25, -0.2) is 0 Å². The average molecular weight is 504 g/mol. The Labute approximate surface area is 217 Å². The summed E-state index contributed by atoms with van der Waals surface area (Å²) in [5.41, 5.74) is 17.7. The first-order chi connectivity index (χ1) is 17.8. The van der Waals surface area contributed by atoms with Gasteiger partial charge in [0, 0.05) is 13.0 Å². The van der Waals surface area contributed by atoms with Gasteiger partial charge >= 0.3 is 0 Å². The molecule has 1 amide bonds. The number of aromatic hydroxyl groups is 1. The van der Waals surface area contributed by atoms with Crippen molar-refractivity contribution in [3.05, 3.63) is 77.9 Å². The molecule has 8 nitrogen and oxygen atoms in total. The van der Waals surface area contributed by atoms with Crippen molar-refractivity contribution in [3.8, 4) is 5.75 Å². The monoisotopic (exact) mass is 503 g/mol. The molecule has 0 bridgehead atoms. The summed E-state index contributed by atoms with van der Waals surface area (Å²) in [6.07, 6.45) is 5.39. The first kappa shape index (κ1) is 27.7. The van der Waals surface area contributed by atoms with Gasteiger partial charge in [-0.05, 0) is 53.3 Å². The summed E-state index contributed by atoms with van der Waals surface area (Å²) >= 11 is 0. The van der Waals surface area contributed by atoms with Gasteiger partial charge in [0.25, 0.3) is 0 Å². The summed E-state index contributed by atoms with van der Waals surface area (Å²) in [4.78, 5) is 29.7. The number of hydrogen-bond acceptors (Lipinski definition) is 5. The van der Waals surface area contributed by atoms with Crippen LogP contribution in [0.5, 0.6) is 5.75 Å². The van der Waals surface area contributed by atoms with Crippen LogP contribution in [0.2, 0.25) is 0 Å². The van der Waals surface area contributed by atoms with E-state index in [1.165, 1.54) is 0 Å². The van der Waals surface area contributed by atoms with Crippen molar-refractivity contribution in [3.63, 3.8) is 0 Å². The van der Waals surface area contributed by atoms with E-state index < -0.39 is 11.6 Å². The van der Waals surface area contributed by atoms with Gasteiger partial charge in [0.15, 0.2) is 5.96 Å². The normalized spacial score (nSPS) is 13.4. The third-order valence-corrected chi connectivity index (χ3v) is 6.49. The predicted octanol–water partition coefficient (Wildman–Crippen LogP) is 2.94. The molecule has 3 aromatic carbocycles. The van der Waals surface area contributed by atoms with Crippen LogP contribution < -0.4 is 22.5 Å². The number of aldehydes is 1. The van der Waals surface area contributed by atoms with Crippen LogP contribution >= 0.6 is 0 Å². The van der Waals surface area contributed by atoms with Crippen LogP contribution in [-0.4, -0.2) is 41.4 Å². The summed E-state index contributed by atoms with van der Waals surface area (Å²) in [5.74, 6) is -0.147. The number of fused-ring (bicyclic) bond motifs is 1. The third kappa shape index (κ3) is 8.61. The fourth-order valence-electron chi connectivity index (χ4n) is 4.47. The number of nitrogens with one attached hydrogen (secondary N) is 1. The molecule has 0 aliphatic rings. The molecule has 0 fully saturated rings. The molecule has 196 valence electrons. The Morgan fingerprint density at radius 1 is 0.946 bits per heavy atom. The first-order valence-electron chi connectivity index (χ1n) is 12.7. The minimum Gasteiger partial charge on any atom is -0.508 e. The quantitative estimate of drug-likeness (QED) is 0.0985. The standard InChI is InChI=1S/C29H37N5O3/c30-26(18-21-10-13-25(36)14-11-21)27(37)34-29(20-35,15-5-1-2-6-16-33-28(31)32)19-22-9-12-23-7-3-4-8-24(23)17-22/h3-4,7-14,17,20,26,36H,1-2,5-6,15-16,18-19,30H2,(H,34,37)(H4,31,32,33)/t26-,29-/m0/s1. The highest BCUT2D eigenvalue weighted by Gasteiger charge is 2.33. The van der Waals surface area contributed by atoms with Crippen LogP contribution in [0.4, 0.5) is 0 Å². The van der Waals surface area contributed by atoms with Gasteiger partial charge in [-0.1, -0.05) is 73.9 Å². The number of guanidine groups is 1. The van der Waals surface area contributed by atoms with Crippen LogP contribution in [0.1, 0.15) is 43.2 Å². The van der Waals surface area contributed by atoms with E-state index in [1.54, 1.807) is 24.3 Å². The molecule has 2 atom stereocenters. The number of nitrogens with two attached hydrogens (primary N) is 3. The zero-order valence-corrected chi connectivity index (χ0v) is 21.1. The van der Waals surface area contributed by atoms with E-state index in [-0.39, 0.29) is 17.6 Å². The van der Waals surface area contributed by atoms with E-state index in [4.69, 9.17) is 17.2 Å². The van der Waals surface area contributed by atoms with E-state index >= 15 is 0 Å². The lowest BCUT2D eigenvalue weighted by Gasteiger charge is -2.31. The number of benzene rings is 3. The second-order valence-electron chi connectivity index (χ2n) is 9.57. The molecule has 3 aromatic rings. The maximum absolute atomic E-state index is 13.1. The Balaban J connectivity index is 1.71. The highest BCUT2D eigenvalue weighted by molar-refractivity contribution is 5.87. The number of phenols is 1. The highest BCUT2D eigenvalue weighted by atomic mass is 16.3. The number of phenolic OH excluding ortho intramolecular Hbond substituents is 1. The highest BCUT2D eigenvalue weighted by Crippen LogP contribution is 2.23. The number of nitrogens with zero attached hydrogens (tertiary/aromatic N) is 1. The van der Waals surface area contributed by atoms with Crippen molar-refractivity contribution in [1.82, 2.24) is 5.32 Å². The van der Waals surface area contributed by atoms with Gasteiger partial charge in [-0.2, -0.15) is 0 Å². The number of carbonyl (C=O) groups excluding carboxylic acids is 2. The molecular formula is C29H37N5O3. The van der Waals surface area contributed by atoms with Crippen molar-refractivity contribution in [2.45, 2.75) is 56.5 Å². The number of amides is 1. The molecular weight excluding hydrogens is 466 g/mol. The molecule has 8 N–H and O–H groups in total. The van der Waals surface area contributed by atoms with Crippen LogP contribution in [0.25, 0.3) is 10.8 Å². The van der Waals surface area contributed by atoms with Crippen molar-refractivity contribution >= 4 is 28.9 Å². The van der Waals surface area contributed by atoms with Gasteiger partial charge in [-0.15, -0.1) is 0 Å². The van der Waals surface area contributed by atoms with Crippen LogP contribution in [0.15, 0.2) is 71.7 Å². The molecule has 0 saturated heterocycles. The topological polar surface area (TPSA) is 157 Å². The van der Waals surface area contributed by atoms with E-state index in [0.29, 0.717) is 25.8 Å². The molecule has 3 rings (SSSR count). The zero-order chi connectivity index (χ0) is 26.7. The van der Waals surface area contributed by atoms with Gasteiger partial charge < -0.3 is 32.4 Å². The predicted molar refractivity (Wildman–Crippen MR) is 148 cm³/mol. The number of hydrogen-bond donors (Lipinski definition) is 5. The maximum atomic E-state index is 13.1. The Kier molecular flexibility index (Phi) is 10.0. The van der Waals surface area contributed by atoms with Gasteiger partial charge in [0.1, 0.15) is 12.0 Å². The average Bonchev–Trinajstić information content (AvgIpc) is 2.89. The largest absolute Gasteiger partial charge is 0.508 e. The third-order valence-electron chi connectivity index (χ3n) is 6.49. The van der Waals surface area contributed by atoms with Crippen molar-refractivity contribution < 1.29 is 14.7 Å². The van der Waals surface area contributed by atoms with Gasteiger partial charge in [0.2, 0.25) is 5.91 Å². The van der Waals surface area contributed by atoms with Gasteiger partial charge in [-0.3, -0.25) is 9.79 Å². The van der Waals surface area contributed by atoms with Crippen LogP contribution in [-0.2, 0) is 22.4 Å². The SMILES string of the molecule is NC(N)=NCCCCCC[C@@](C=O)(Cc1ccc2ccccc2c1)NC(=O)[C@@H](N)Cc1ccc(O)cc1. The summed E-state index contributed by atoms with van der Waals surface area (Å²) in [5, 5.41) is 14.7. The number of aliphatic imine (C=N–C) groups is 1. The van der Waals surface area contributed by atoms with Crippen molar-refractivity contribution in [1.29, 1.82) is 0 Å². The Hall–Kier alpha value is -3.91. The summed E-state index contributed by atoms with van der Waals surface area (Å²) < 4.78 is 0. The molecule has 8 heteroatoms. The zero-order valence-electron chi connectivity index (χ0n) is 21.1. The van der Waals surface area contributed by atoms with Crippen LogP contribution in [0.3, 0.4) is 0 Å². The van der Waals surface area contributed by atoms with Crippen molar-refractivity contribution in [2.75, 3.05) is 6.54 Å². The molecule has 0 aliphatic heterocycles. The molecule has 0 aromatic heterocycles. The number of unbranched alkanes of at least 4 members (excludes halogenated alkanes) is 3. The Morgan fingerprint density at radius 2 is 1.62 bits per heavy atom. The van der Waals surface area contributed by atoms with Crippen molar-refractivity contribution in [2.24, 2.45) is 22.2 Å². The minimum absolute atomic E-state index is 0.0849. The Morgan fingerprint density at radius 3 is 2.32 bits per heavy atom. The lowest BCUT2D eigenvalue weighted by atomic mass is 9.85. The maximum Gasteiger partial charge on any atom is 0.238 e. The molecule has 0 radical (unpaired) electrons. The second-order valence-corrected chi connectivity index (χ2v) is 9.57. The number of rotatable bonds is 14. The fraction of sp³-hybridized carbons (Fsp3) is 0.345. The summed E-state index contributed by atoms with van der Waals surface area (Å²) in [7, 11) is 0. The van der Waals surface area contributed by atoms with E-state index in [0.717, 1.165) is 53.9 Å². The molecule has 0 saturated carbocycles. The Bertz CT molecular complexity index is 1210. The summed E-state index contributed by atoms with van der Waals surface area (Å²) in [6.45, 7) is 0.571. The number of carbonyl (C=O) groups is 2. The lowest BCUT2D eigenvalue weighted by Crippen LogP contribution is -2.56. The molecule has 0 spiro atoms. The lowest BCUT2D eigenvalue weighted by molar-refractivity contribution is -0.128. The van der Waals surface area contributed by atoms with E-state index in [9.17, 15) is 14.7 Å². The molecule has 0 heterocycles. The molecule has 37 heavy (non-hydrogen) atoms. The minimum atomic E-state index is -1.08. The summed E-state index contributed by atoms with van der Waals surface area (Å²) in [6, 6.07) is 19.9. The smallest absolute Gasteiger partial charge is 0.238 e. The van der Waals surface area contributed by atoms with Gasteiger partial charge in [0.05, 0.1) is 11.6 Å². The first-order valence-corrected chi connectivity index (χ1v) is 12.7. The molecule has 0 unspecified atom stereocenters. The van der Waals surface area contributed by atoms with E-state index in [1.807, 2.05) is 36.4 Å². The fourth-order valence-corrected chi connectivity index (χ4v) is 4.47. The van der Waals surface area contributed by atoms with E-state index in [2.05, 4.69) is 16.4 Å². The molecule has 0 aliphatic carbocycles. The second kappa shape index (κ2) is 13.4. The van der Waals surface area contributed by atoms with Crippen LogP contribution in [0, 0.1) is 0 Å².